The Hall–Kier alpha value is -2.32. The normalized spacial score (nSPS) is 11.9. The van der Waals surface area contributed by atoms with Gasteiger partial charge in [-0.05, 0) is 0 Å². The molecule has 0 N–H and O–H groups in total. The van der Waals surface area contributed by atoms with E-state index in [1.165, 1.54) is 0 Å². The second-order valence-electron chi connectivity index (χ2n) is 3.03. The predicted octanol–water partition coefficient (Wildman–Crippen LogP) is 2.31. The number of nitrogens with zero attached hydrogens (tertiary/aromatic N) is 1. The average Bonchev–Trinajstić information content (AvgIpc) is 2.53. The summed E-state index contributed by atoms with van der Waals surface area (Å²) < 4.78 is 46.1. The smallest absolute Gasteiger partial charge is 0.391 e. The van der Waals surface area contributed by atoms with Crippen molar-refractivity contribution >= 4 is 16.9 Å². The Morgan fingerprint density at radius 1 is 1.18 bits per heavy atom. The van der Waals surface area contributed by atoms with Crippen molar-refractivity contribution in [2.24, 2.45) is 0 Å². The Morgan fingerprint density at radius 3 is 2.18 bits per heavy atom. The molecule has 0 spiro atoms. The molecular weight excluding hydrogens is 247 g/mol. The quantitative estimate of drug-likeness (QED) is 0.571. The van der Waals surface area contributed by atoms with Crippen LogP contribution in [0.15, 0.2) is 25.8 Å². The highest BCUT2D eigenvalue weighted by Gasteiger charge is 2.39. The molecule has 0 fully saturated rings. The summed E-state index contributed by atoms with van der Waals surface area (Å²) in [6.07, 6.45) is -4.92. The van der Waals surface area contributed by atoms with Gasteiger partial charge in [0.15, 0.2) is 11.2 Å². The summed E-state index contributed by atoms with van der Waals surface area (Å²) in [6.45, 7) is 0. The van der Waals surface area contributed by atoms with E-state index in [9.17, 15) is 28.1 Å². The van der Waals surface area contributed by atoms with Gasteiger partial charge >= 0.3 is 12.0 Å². The van der Waals surface area contributed by atoms with Crippen LogP contribution in [0.5, 0.6) is 0 Å². The third kappa shape index (κ3) is 1.86. The van der Waals surface area contributed by atoms with Crippen LogP contribution in [-0.2, 0) is 6.18 Å². The number of nitro benzene ring substituents is 1. The van der Waals surface area contributed by atoms with Crippen molar-refractivity contribution < 1.29 is 26.9 Å². The van der Waals surface area contributed by atoms with E-state index >= 15 is 0 Å². The Bertz CT molecular complexity index is 653. The zero-order chi connectivity index (χ0) is 12.8. The largest absolute Gasteiger partial charge is 0.519 e. The average molecular weight is 249 g/mol. The molecule has 1 heterocycles. The zero-order valence-electron chi connectivity index (χ0n) is 7.78. The molecular formula is C8H2F3NO5. The van der Waals surface area contributed by atoms with Crippen molar-refractivity contribution in [2.45, 2.75) is 6.18 Å². The third-order valence-corrected chi connectivity index (χ3v) is 1.95. The predicted molar refractivity (Wildman–Crippen MR) is 46.4 cm³/mol. The summed E-state index contributed by atoms with van der Waals surface area (Å²) in [5, 5.41) is 10.5. The Balaban J connectivity index is 2.84. The lowest BCUT2D eigenvalue weighted by Gasteiger charge is -2.05. The molecule has 0 saturated heterocycles. The van der Waals surface area contributed by atoms with Crippen LogP contribution in [0.25, 0.3) is 11.2 Å². The molecule has 6 nitrogen and oxygen atoms in total. The van der Waals surface area contributed by atoms with Gasteiger partial charge in [-0.2, -0.15) is 13.2 Å². The summed E-state index contributed by atoms with van der Waals surface area (Å²) in [5.41, 5.74) is -3.60. The van der Waals surface area contributed by atoms with Gasteiger partial charge in [0.2, 0.25) is 0 Å². The van der Waals surface area contributed by atoms with Gasteiger partial charge in [-0.25, -0.2) is 4.79 Å². The molecule has 0 aliphatic carbocycles. The molecule has 0 amide bonds. The van der Waals surface area contributed by atoms with Crippen molar-refractivity contribution in [3.63, 3.8) is 0 Å². The first kappa shape index (κ1) is 11.2. The molecule has 0 unspecified atom stereocenters. The van der Waals surface area contributed by atoms with E-state index in [1.807, 2.05) is 0 Å². The van der Waals surface area contributed by atoms with E-state index in [0.717, 1.165) is 0 Å². The fourth-order valence-electron chi connectivity index (χ4n) is 1.29. The summed E-state index contributed by atoms with van der Waals surface area (Å²) >= 11 is 0. The molecule has 2 aromatic rings. The number of alkyl halides is 3. The Labute approximate surface area is 89.4 Å². The summed E-state index contributed by atoms with van der Waals surface area (Å²) in [7, 11) is 0. The number of nitro groups is 1. The highest BCUT2D eigenvalue weighted by Crippen LogP contribution is 2.38. The van der Waals surface area contributed by atoms with Gasteiger partial charge in [0.25, 0.3) is 5.69 Å². The Kier molecular flexibility index (Phi) is 2.19. The topological polar surface area (TPSA) is 86.5 Å². The van der Waals surface area contributed by atoms with E-state index in [4.69, 9.17) is 0 Å². The first-order chi connectivity index (χ1) is 7.79. The highest BCUT2D eigenvalue weighted by molar-refractivity contribution is 5.75. The molecule has 90 valence electrons. The maximum absolute atomic E-state index is 12.5. The van der Waals surface area contributed by atoms with Crippen LogP contribution in [0.3, 0.4) is 0 Å². The zero-order valence-corrected chi connectivity index (χ0v) is 7.78. The number of halogens is 3. The van der Waals surface area contributed by atoms with Gasteiger partial charge < -0.3 is 8.83 Å². The first-order valence-corrected chi connectivity index (χ1v) is 4.08. The van der Waals surface area contributed by atoms with Crippen LogP contribution in [0.1, 0.15) is 5.56 Å². The second kappa shape index (κ2) is 3.34. The number of hydrogen-bond donors (Lipinski definition) is 0. The van der Waals surface area contributed by atoms with Crippen LogP contribution >= 0.6 is 0 Å². The molecule has 1 aromatic carbocycles. The van der Waals surface area contributed by atoms with Crippen molar-refractivity contribution in [1.29, 1.82) is 0 Å². The van der Waals surface area contributed by atoms with E-state index < -0.39 is 39.3 Å². The molecule has 2 rings (SSSR count). The van der Waals surface area contributed by atoms with Gasteiger partial charge in [0, 0.05) is 6.07 Å². The van der Waals surface area contributed by atoms with Crippen LogP contribution in [-0.4, -0.2) is 4.92 Å². The van der Waals surface area contributed by atoms with E-state index in [0.29, 0.717) is 12.1 Å². The minimum atomic E-state index is -4.92. The van der Waals surface area contributed by atoms with Gasteiger partial charge in [-0.15, -0.1) is 0 Å². The lowest BCUT2D eigenvalue weighted by atomic mass is 10.1. The molecule has 0 atom stereocenters. The van der Waals surface area contributed by atoms with Crippen LogP contribution in [0.4, 0.5) is 18.9 Å². The van der Waals surface area contributed by atoms with Gasteiger partial charge in [-0.1, -0.05) is 0 Å². The van der Waals surface area contributed by atoms with Gasteiger partial charge in [0.05, 0.1) is 11.0 Å². The molecule has 0 aliphatic rings. The standard InChI is InChI=1S/C8H2F3NO5/c9-8(10,11)3-1-5-6(17-7(13)16-5)2-4(3)12(14)15/h1-2H. The minimum Gasteiger partial charge on any atom is -0.391 e. The number of fused-ring (bicyclic) bond motifs is 1. The lowest BCUT2D eigenvalue weighted by Crippen LogP contribution is -2.08. The fraction of sp³-hybridized carbons (Fsp3) is 0.125. The summed E-state index contributed by atoms with van der Waals surface area (Å²) in [5.74, 6) is -1.23. The minimum absolute atomic E-state index is 0.359. The van der Waals surface area contributed by atoms with Crippen LogP contribution in [0.2, 0.25) is 0 Å². The van der Waals surface area contributed by atoms with E-state index in [2.05, 4.69) is 8.83 Å². The summed E-state index contributed by atoms with van der Waals surface area (Å²) in [4.78, 5) is 19.9. The highest BCUT2D eigenvalue weighted by atomic mass is 19.4. The van der Waals surface area contributed by atoms with Gasteiger partial charge in [-0.3, -0.25) is 10.1 Å². The molecule has 0 radical (unpaired) electrons. The molecule has 0 bridgehead atoms. The molecule has 1 aromatic heterocycles. The van der Waals surface area contributed by atoms with Crippen molar-refractivity contribution in [2.75, 3.05) is 0 Å². The van der Waals surface area contributed by atoms with Crippen molar-refractivity contribution in [3.05, 3.63) is 38.4 Å². The maximum Gasteiger partial charge on any atom is 0.519 e. The van der Waals surface area contributed by atoms with Crippen LogP contribution < -0.4 is 5.82 Å². The maximum atomic E-state index is 12.5. The number of rotatable bonds is 1. The van der Waals surface area contributed by atoms with Crippen molar-refractivity contribution in [1.82, 2.24) is 0 Å². The van der Waals surface area contributed by atoms with Crippen LogP contribution in [0, 0.1) is 10.1 Å². The SMILES string of the molecule is O=c1oc2cc([N+](=O)[O-])c(C(F)(F)F)cc2o1. The lowest BCUT2D eigenvalue weighted by molar-refractivity contribution is -0.388. The molecule has 0 aliphatic heterocycles. The Morgan fingerprint density at radius 2 is 1.71 bits per heavy atom. The molecule has 0 saturated carbocycles. The molecule has 9 heteroatoms. The monoisotopic (exact) mass is 249 g/mol. The second-order valence-corrected chi connectivity index (χ2v) is 3.03. The summed E-state index contributed by atoms with van der Waals surface area (Å²) in [6, 6.07) is 0.863. The fourth-order valence-corrected chi connectivity index (χ4v) is 1.29. The first-order valence-electron chi connectivity index (χ1n) is 4.08. The van der Waals surface area contributed by atoms with Gasteiger partial charge in [0.1, 0.15) is 5.56 Å². The number of hydrogen-bond acceptors (Lipinski definition) is 5. The van der Waals surface area contributed by atoms with Crippen molar-refractivity contribution in [3.8, 4) is 0 Å². The third-order valence-electron chi connectivity index (χ3n) is 1.95. The molecule has 17 heavy (non-hydrogen) atoms. The number of benzene rings is 1. The van der Waals surface area contributed by atoms with E-state index in [1.54, 1.807) is 0 Å². The van der Waals surface area contributed by atoms with E-state index in [-0.39, 0.29) is 0 Å².